The van der Waals surface area contributed by atoms with Crippen LogP contribution in [-0.4, -0.2) is 5.91 Å². The monoisotopic (exact) mass is 378 g/mol. The van der Waals surface area contributed by atoms with Crippen LogP contribution in [0.4, 0.5) is 5.69 Å². The van der Waals surface area contributed by atoms with Gasteiger partial charge in [-0.15, -0.1) is 0 Å². The third-order valence-electron chi connectivity index (χ3n) is 2.99. The standard InChI is InChI=1S/C17H17INO/c1-17(2,3)12-7-6-8-13(11-12)19-16(20)14-9-4-5-10-15(14)18/h4-6,8-11H,1-3H3,(H,19,20). The van der Waals surface area contributed by atoms with E-state index in [-0.39, 0.29) is 11.3 Å². The summed E-state index contributed by atoms with van der Waals surface area (Å²) < 4.78 is 0.945. The van der Waals surface area contributed by atoms with Crippen LogP contribution in [0.3, 0.4) is 0 Å². The third-order valence-corrected chi connectivity index (χ3v) is 3.93. The van der Waals surface area contributed by atoms with Gasteiger partial charge in [0.15, 0.2) is 0 Å². The molecule has 0 aliphatic rings. The predicted molar refractivity (Wildman–Crippen MR) is 91.1 cm³/mol. The number of nitrogens with one attached hydrogen (secondary N) is 1. The van der Waals surface area contributed by atoms with Crippen molar-refractivity contribution in [2.24, 2.45) is 0 Å². The van der Waals surface area contributed by atoms with Gasteiger partial charge in [-0.1, -0.05) is 39.0 Å². The molecule has 1 radical (unpaired) electrons. The van der Waals surface area contributed by atoms with Crippen molar-refractivity contribution in [3.63, 3.8) is 0 Å². The van der Waals surface area contributed by atoms with Gasteiger partial charge in [0.25, 0.3) is 5.91 Å². The maximum Gasteiger partial charge on any atom is 0.256 e. The fourth-order valence-corrected chi connectivity index (χ4v) is 2.45. The number of amides is 1. The average molecular weight is 378 g/mol. The van der Waals surface area contributed by atoms with Crippen LogP contribution in [-0.2, 0) is 5.41 Å². The predicted octanol–water partition coefficient (Wildman–Crippen LogP) is 4.64. The van der Waals surface area contributed by atoms with Crippen molar-refractivity contribution < 1.29 is 4.79 Å². The van der Waals surface area contributed by atoms with Crippen LogP contribution < -0.4 is 5.32 Å². The first-order valence-electron chi connectivity index (χ1n) is 6.46. The Balaban J connectivity index is 2.23. The largest absolute Gasteiger partial charge is 0.322 e. The van der Waals surface area contributed by atoms with E-state index in [0.29, 0.717) is 5.56 Å². The lowest BCUT2D eigenvalue weighted by Crippen LogP contribution is -2.15. The lowest BCUT2D eigenvalue weighted by molar-refractivity contribution is 0.102. The smallest absolute Gasteiger partial charge is 0.256 e. The Hall–Kier alpha value is -1.36. The molecule has 2 rings (SSSR count). The van der Waals surface area contributed by atoms with Crippen molar-refractivity contribution in [2.75, 3.05) is 5.32 Å². The maximum atomic E-state index is 12.3. The van der Waals surface area contributed by atoms with Gasteiger partial charge in [-0.3, -0.25) is 4.79 Å². The molecule has 0 aliphatic heterocycles. The second-order valence-electron chi connectivity index (χ2n) is 5.67. The maximum absolute atomic E-state index is 12.3. The third kappa shape index (κ3) is 3.60. The quantitative estimate of drug-likeness (QED) is 0.758. The number of carbonyl (C=O) groups is 1. The zero-order valence-electron chi connectivity index (χ0n) is 11.8. The first kappa shape index (κ1) is 15.0. The Morgan fingerprint density at radius 3 is 2.55 bits per heavy atom. The number of benzene rings is 2. The number of carbonyl (C=O) groups excluding carboxylic acids is 1. The summed E-state index contributed by atoms with van der Waals surface area (Å²) in [6.45, 7) is 6.39. The lowest BCUT2D eigenvalue weighted by atomic mass is 9.87. The van der Waals surface area contributed by atoms with Crippen molar-refractivity contribution in [3.8, 4) is 0 Å². The molecule has 0 heterocycles. The van der Waals surface area contributed by atoms with E-state index in [1.165, 1.54) is 0 Å². The molecule has 20 heavy (non-hydrogen) atoms. The number of anilines is 1. The van der Waals surface area contributed by atoms with E-state index in [1.54, 1.807) is 0 Å². The van der Waals surface area contributed by atoms with E-state index in [4.69, 9.17) is 0 Å². The molecule has 0 aliphatic carbocycles. The SMILES string of the molecule is CC(C)(C)c1[c]ccc(NC(=O)c2ccccc2I)c1. The van der Waals surface area contributed by atoms with Gasteiger partial charge in [0.05, 0.1) is 5.56 Å². The summed E-state index contributed by atoms with van der Waals surface area (Å²) in [4.78, 5) is 12.3. The highest BCUT2D eigenvalue weighted by molar-refractivity contribution is 14.1. The zero-order chi connectivity index (χ0) is 14.8. The molecule has 0 fully saturated rings. The van der Waals surface area contributed by atoms with Crippen molar-refractivity contribution in [3.05, 3.63) is 63.2 Å². The van der Waals surface area contributed by atoms with Crippen molar-refractivity contribution in [1.29, 1.82) is 0 Å². The minimum atomic E-state index is -0.0824. The van der Waals surface area contributed by atoms with Gasteiger partial charge in [0, 0.05) is 9.26 Å². The Bertz CT molecular complexity index is 629. The highest BCUT2D eigenvalue weighted by atomic mass is 127. The van der Waals surface area contributed by atoms with Crippen LogP contribution in [0.25, 0.3) is 0 Å². The minimum absolute atomic E-state index is 0.0158. The van der Waals surface area contributed by atoms with E-state index in [2.05, 4.69) is 54.7 Å². The van der Waals surface area contributed by atoms with E-state index in [9.17, 15) is 4.79 Å². The number of halogens is 1. The first-order valence-corrected chi connectivity index (χ1v) is 7.54. The van der Waals surface area contributed by atoms with Crippen LogP contribution in [0, 0.1) is 9.64 Å². The fraction of sp³-hybridized carbons (Fsp3) is 0.235. The van der Waals surface area contributed by atoms with Gasteiger partial charge in [-0.25, -0.2) is 0 Å². The molecule has 1 N–H and O–H groups in total. The molecule has 0 spiro atoms. The summed E-state index contributed by atoms with van der Waals surface area (Å²) in [5.41, 5.74) is 2.59. The van der Waals surface area contributed by atoms with Gasteiger partial charge < -0.3 is 5.32 Å². The van der Waals surface area contributed by atoms with Crippen LogP contribution >= 0.6 is 22.6 Å². The molecular formula is C17H17INO. The Morgan fingerprint density at radius 1 is 1.20 bits per heavy atom. The van der Waals surface area contributed by atoms with E-state index in [1.807, 2.05) is 42.5 Å². The van der Waals surface area contributed by atoms with Gasteiger partial charge >= 0.3 is 0 Å². The molecule has 1 amide bonds. The second kappa shape index (κ2) is 5.95. The molecule has 103 valence electrons. The van der Waals surface area contributed by atoms with Crippen molar-refractivity contribution >= 4 is 34.2 Å². The topological polar surface area (TPSA) is 29.1 Å². The first-order chi connectivity index (χ1) is 9.38. The molecule has 0 saturated heterocycles. The molecule has 2 nitrogen and oxygen atoms in total. The fourth-order valence-electron chi connectivity index (χ4n) is 1.82. The molecule has 0 atom stereocenters. The Morgan fingerprint density at radius 2 is 1.90 bits per heavy atom. The highest BCUT2D eigenvalue weighted by Crippen LogP contribution is 2.24. The summed E-state index contributed by atoms with van der Waals surface area (Å²) in [5.74, 6) is -0.0824. The van der Waals surface area contributed by atoms with Gasteiger partial charge in [0.1, 0.15) is 0 Å². The minimum Gasteiger partial charge on any atom is -0.322 e. The Labute approximate surface area is 133 Å². The molecule has 0 unspecified atom stereocenters. The lowest BCUT2D eigenvalue weighted by Gasteiger charge is -2.19. The Kier molecular flexibility index (Phi) is 4.48. The molecule has 3 heteroatoms. The average Bonchev–Trinajstić information content (AvgIpc) is 2.38. The summed E-state index contributed by atoms with van der Waals surface area (Å²) in [6, 6.07) is 16.5. The van der Waals surface area contributed by atoms with Crippen molar-refractivity contribution in [1.82, 2.24) is 0 Å². The van der Waals surface area contributed by atoms with E-state index < -0.39 is 0 Å². The molecule has 2 aromatic carbocycles. The summed E-state index contributed by atoms with van der Waals surface area (Å²) in [7, 11) is 0. The number of rotatable bonds is 2. The molecule has 2 aromatic rings. The summed E-state index contributed by atoms with van der Waals surface area (Å²) in [5, 5.41) is 2.95. The van der Waals surface area contributed by atoms with Crippen molar-refractivity contribution in [2.45, 2.75) is 26.2 Å². The number of hydrogen-bond acceptors (Lipinski definition) is 1. The summed E-state index contributed by atoms with van der Waals surface area (Å²) in [6.07, 6.45) is 0. The second-order valence-corrected chi connectivity index (χ2v) is 6.84. The van der Waals surface area contributed by atoms with Crippen LogP contribution in [0.1, 0.15) is 36.7 Å². The van der Waals surface area contributed by atoms with Crippen LogP contribution in [0.5, 0.6) is 0 Å². The molecule has 0 saturated carbocycles. The zero-order valence-corrected chi connectivity index (χ0v) is 14.0. The van der Waals surface area contributed by atoms with Crippen LogP contribution in [0.2, 0.25) is 0 Å². The molecule has 0 aromatic heterocycles. The van der Waals surface area contributed by atoms with Gasteiger partial charge in [-0.2, -0.15) is 0 Å². The normalized spacial score (nSPS) is 11.2. The van der Waals surface area contributed by atoms with Gasteiger partial charge in [0.2, 0.25) is 0 Å². The molecule has 0 bridgehead atoms. The van der Waals surface area contributed by atoms with Gasteiger partial charge in [-0.05, 0) is 63.9 Å². The number of hydrogen-bond donors (Lipinski definition) is 1. The van der Waals surface area contributed by atoms with E-state index >= 15 is 0 Å². The summed E-state index contributed by atoms with van der Waals surface area (Å²) >= 11 is 2.17. The molecular weight excluding hydrogens is 361 g/mol. The van der Waals surface area contributed by atoms with Crippen LogP contribution in [0.15, 0.2) is 42.5 Å². The van der Waals surface area contributed by atoms with E-state index in [0.717, 1.165) is 14.8 Å². The highest BCUT2D eigenvalue weighted by Gasteiger charge is 2.15.